The first-order chi connectivity index (χ1) is 11.8. The third-order valence-electron chi connectivity index (χ3n) is 3.91. The summed E-state index contributed by atoms with van der Waals surface area (Å²) in [6, 6.07) is 3.53. The maximum Gasteiger partial charge on any atom is 0.340 e. The van der Waals surface area contributed by atoms with Gasteiger partial charge >= 0.3 is 5.97 Å². The second-order valence-electron chi connectivity index (χ2n) is 5.85. The van der Waals surface area contributed by atoms with Crippen molar-refractivity contribution in [3.63, 3.8) is 0 Å². The minimum Gasteiger partial charge on any atom is -0.454 e. The first-order valence-corrected chi connectivity index (χ1v) is 8.62. The lowest BCUT2D eigenvalue weighted by molar-refractivity contribution is 0.0474. The normalized spacial score (nSPS) is 12.0. The molecule has 0 fully saturated rings. The molecule has 2 aromatic heterocycles. The van der Waals surface area contributed by atoms with Crippen molar-refractivity contribution in [1.82, 2.24) is 9.55 Å². The van der Waals surface area contributed by atoms with Crippen molar-refractivity contribution in [2.24, 2.45) is 0 Å². The number of nitrogens with zero attached hydrogens (tertiary/aromatic N) is 2. The molecular weight excluding hydrogens is 388 g/mol. The van der Waals surface area contributed by atoms with Gasteiger partial charge in [0.2, 0.25) is 5.78 Å². The molecule has 0 amide bonds. The van der Waals surface area contributed by atoms with Gasteiger partial charge in [0.05, 0.1) is 18.2 Å². The molecule has 0 aromatic carbocycles. The van der Waals surface area contributed by atoms with E-state index in [9.17, 15) is 9.59 Å². The number of rotatable bonds is 7. The largest absolute Gasteiger partial charge is 0.454 e. The summed E-state index contributed by atoms with van der Waals surface area (Å²) in [6.07, 6.45) is 2.97. The second-order valence-corrected chi connectivity index (χ2v) is 6.77. The van der Waals surface area contributed by atoms with E-state index in [0.29, 0.717) is 22.2 Å². The summed E-state index contributed by atoms with van der Waals surface area (Å²) in [6.45, 7) is 6.09. The lowest BCUT2D eigenvalue weighted by Crippen LogP contribution is -2.17. The predicted molar refractivity (Wildman–Crippen MR) is 97.0 cm³/mol. The Hall–Kier alpha value is -1.99. The fourth-order valence-corrected chi connectivity index (χ4v) is 3.23. The summed E-state index contributed by atoms with van der Waals surface area (Å²) in [4.78, 5) is 28.4. The van der Waals surface area contributed by atoms with Gasteiger partial charge in [-0.3, -0.25) is 9.78 Å². The molecule has 0 aliphatic heterocycles. The highest BCUT2D eigenvalue weighted by Crippen LogP contribution is 2.21. The Morgan fingerprint density at radius 2 is 2.00 bits per heavy atom. The van der Waals surface area contributed by atoms with Gasteiger partial charge in [0, 0.05) is 40.9 Å². The van der Waals surface area contributed by atoms with Gasteiger partial charge in [-0.15, -0.1) is 0 Å². The SMILES string of the molecule is COC[C@@H](C)n1c(C)cc(C(=O)COC(=O)c2cncc(Br)c2)c1C. The van der Waals surface area contributed by atoms with E-state index >= 15 is 0 Å². The van der Waals surface area contributed by atoms with Gasteiger partial charge in [0.1, 0.15) is 0 Å². The van der Waals surface area contributed by atoms with Gasteiger partial charge in [-0.05, 0) is 48.8 Å². The summed E-state index contributed by atoms with van der Waals surface area (Å²) >= 11 is 3.24. The van der Waals surface area contributed by atoms with Crippen molar-refractivity contribution in [3.8, 4) is 0 Å². The molecule has 0 aliphatic carbocycles. The van der Waals surface area contributed by atoms with Crippen LogP contribution in [-0.2, 0) is 9.47 Å². The molecule has 2 heterocycles. The number of aromatic nitrogens is 2. The number of esters is 1. The van der Waals surface area contributed by atoms with E-state index in [1.54, 1.807) is 19.4 Å². The van der Waals surface area contributed by atoms with E-state index in [1.165, 1.54) is 6.20 Å². The molecule has 0 bridgehead atoms. The zero-order valence-corrected chi connectivity index (χ0v) is 16.3. The lowest BCUT2D eigenvalue weighted by atomic mass is 10.1. The number of ketones is 1. The molecule has 1 atom stereocenters. The minimum atomic E-state index is -0.580. The van der Waals surface area contributed by atoms with Crippen LogP contribution in [0.4, 0.5) is 0 Å². The second kappa shape index (κ2) is 8.40. The first-order valence-electron chi connectivity index (χ1n) is 7.83. The standard InChI is InChI=1S/C18H21BrN2O4/c1-11-5-16(13(3)21(11)12(2)9-24-4)17(22)10-25-18(23)14-6-15(19)8-20-7-14/h5-8,12H,9-10H2,1-4H3/t12-/m1/s1. The van der Waals surface area contributed by atoms with Crippen molar-refractivity contribution < 1.29 is 19.1 Å². The van der Waals surface area contributed by atoms with E-state index in [1.807, 2.05) is 26.8 Å². The Bertz CT molecular complexity index is 785. The van der Waals surface area contributed by atoms with Gasteiger partial charge in [-0.2, -0.15) is 0 Å². The van der Waals surface area contributed by atoms with Crippen LogP contribution in [0.3, 0.4) is 0 Å². The molecule has 0 spiro atoms. The highest BCUT2D eigenvalue weighted by atomic mass is 79.9. The Morgan fingerprint density at radius 3 is 2.64 bits per heavy atom. The maximum atomic E-state index is 12.5. The van der Waals surface area contributed by atoms with Crippen LogP contribution in [0.15, 0.2) is 29.0 Å². The van der Waals surface area contributed by atoms with Crippen LogP contribution in [0.25, 0.3) is 0 Å². The zero-order chi connectivity index (χ0) is 18.6. The fraction of sp³-hybridized carbons (Fsp3) is 0.389. The molecule has 25 heavy (non-hydrogen) atoms. The molecule has 0 saturated heterocycles. The van der Waals surface area contributed by atoms with Crippen molar-refractivity contribution in [2.45, 2.75) is 26.8 Å². The molecule has 0 unspecified atom stereocenters. The molecule has 2 rings (SSSR count). The summed E-state index contributed by atoms with van der Waals surface area (Å²) in [5, 5.41) is 0. The Kier molecular flexibility index (Phi) is 6.50. The average molecular weight is 409 g/mol. The van der Waals surface area contributed by atoms with Crippen LogP contribution in [0.5, 0.6) is 0 Å². The molecular formula is C18H21BrN2O4. The Labute approximate surface area is 155 Å². The van der Waals surface area contributed by atoms with Gasteiger partial charge in [-0.1, -0.05) is 0 Å². The van der Waals surface area contributed by atoms with Crippen LogP contribution >= 0.6 is 15.9 Å². The van der Waals surface area contributed by atoms with E-state index in [0.717, 1.165) is 11.4 Å². The number of carbonyl (C=O) groups excluding carboxylic acids is 2. The number of hydrogen-bond donors (Lipinski definition) is 0. The Morgan fingerprint density at radius 1 is 1.28 bits per heavy atom. The highest BCUT2D eigenvalue weighted by molar-refractivity contribution is 9.10. The fourth-order valence-electron chi connectivity index (χ4n) is 2.87. The van der Waals surface area contributed by atoms with Crippen molar-refractivity contribution in [1.29, 1.82) is 0 Å². The molecule has 134 valence electrons. The third kappa shape index (κ3) is 4.55. The number of Topliss-reactive ketones (excluding diaryl/α,β-unsaturated/α-hetero) is 1. The minimum absolute atomic E-state index is 0.113. The van der Waals surface area contributed by atoms with Gasteiger partial charge in [0.25, 0.3) is 0 Å². The zero-order valence-electron chi connectivity index (χ0n) is 14.7. The summed E-state index contributed by atoms with van der Waals surface area (Å²) < 4.78 is 13.0. The first kappa shape index (κ1) is 19.3. The van der Waals surface area contributed by atoms with Crippen molar-refractivity contribution in [3.05, 3.63) is 51.5 Å². The van der Waals surface area contributed by atoms with Gasteiger partial charge < -0.3 is 14.0 Å². The van der Waals surface area contributed by atoms with Crippen LogP contribution < -0.4 is 0 Å². The Balaban J connectivity index is 2.09. The number of hydrogen-bond acceptors (Lipinski definition) is 5. The van der Waals surface area contributed by atoms with Crippen molar-refractivity contribution >= 4 is 27.7 Å². The lowest BCUT2D eigenvalue weighted by Gasteiger charge is -2.17. The highest BCUT2D eigenvalue weighted by Gasteiger charge is 2.20. The predicted octanol–water partition coefficient (Wildman–Crippen LogP) is 3.51. The smallest absolute Gasteiger partial charge is 0.340 e. The molecule has 0 saturated carbocycles. The van der Waals surface area contributed by atoms with Gasteiger partial charge in [-0.25, -0.2) is 4.79 Å². The maximum absolute atomic E-state index is 12.5. The molecule has 0 N–H and O–H groups in total. The van der Waals surface area contributed by atoms with Gasteiger partial charge in [0.15, 0.2) is 6.61 Å². The van der Waals surface area contributed by atoms with Crippen LogP contribution in [0.2, 0.25) is 0 Å². The van der Waals surface area contributed by atoms with E-state index < -0.39 is 5.97 Å². The van der Waals surface area contributed by atoms with Crippen LogP contribution in [-0.4, -0.2) is 41.6 Å². The number of aryl methyl sites for hydroxylation is 1. The molecule has 6 nitrogen and oxygen atoms in total. The van der Waals surface area contributed by atoms with E-state index in [2.05, 4.69) is 25.5 Å². The molecule has 0 radical (unpaired) electrons. The number of carbonyl (C=O) groups is 2. The summed E-state index contributed by atoms with van der Waals surface area (Å²) in [5.74, 6) is -0.816. The molecule has 2 aromatic rings. The number of ether oxygens (including phenoxy) is 2. The van der Waals surface area contributed by atoms with Crippen LogP contribution in [0, 0.1) is 13.8 Å². The van der Waals surface area contributed by atoms with Crippen LogP contribution in [0.1, 0.15) is 45.1 Å². The van der Waals surface area contributed by atoms with Crippen molar-refractivity contribution in [2.75, 3.05) is 20.3 Å². The third-order valence-corrected chi connectivity index (χ3v) is 4.34. The monoisotopic (exact) mass is 408 g/mol. The number of methoxy groups -OCH3 is 1. The summed E-state index contributed by atoms with van der Waals surface area (Å²) in [7, 11) is 1.65. The van der Waals surface area contributed by atoms with E-state index in [-0.39, 0.29) is 18.4 Å². The number of pyridine rings is 1. The molecule has 7 heteroatoms. The van der Waals surface area contributed by atoms with E-state index in [4.69, 9.17) is 9.47 Å². The quantitative estimate of drug-likeness (QED) is 0.517. The summed E-state index contributed by atoms with van der Waals surface area (Å²) in [5.41, 5.74) is 2.65. The topological polar surface area (TPSA) is 70.4 Å². The average Bonchev–Trinajstić information content (AvgIpc) is 2.87. The number of halogens is 1. The molecule has 0 aliphatic rings.